The van der Waals surface area contributed by atoms with Crippen molar-refractivity contribution >= 4 is 28.1 Å². The van der Waals surface area contributed by atoms with E-state index in [-0.39, 0.29) is 30.1 Å². The van der Waals surface area contributed by atoms with Gasteiger partial charge in [-0.15, -0.1) is 0 Å². The van der Waals surface area contributed by atoms with E-state index in [1.165, 1.54) is 24.4 Å². The smallest absolute Gasteiger partial charge is 0.264 e. The molecule has 4 rings (SSSR count). The highest BCUT2D eigenvalue weighted by Gasteiger charge is 2.26. The van der Waals surface area contributed by atoms with Crippen molar-refractivity contribution < 1.29 is 19.1 Å². The van der Waals surface area contributed by atoms with Gasteiger partial charge in [0.2, 0.25) is 0 Å². The maximum absolute atomic E-state index is 13.7. The van der Waals surface area contributed by atoms with E-state index in [1.807, 2.05) is 60.7 Å². The predicted octanol–water partition coefficient (Wildman–Crippen LogP) is 6.66. The number of benzene rings is 4. The van der Waals surface area contributed by atoms with Gasteiger partial charge < -0.3 is 14.8 Å². The first-order chi connectivity index (χ1) is 18.0. The molecule has 5 nitrogen and oxygen atoms in total. The molecule has 0 aliphatic carbocycles. The molecule has 1 atom stereocenters. The van der Waals surface area contributed by atoms with Crippen molar-refractivity contribution in [2.24, 2.45) is 5.16 Å². The van der Waals surface area contributed by atoms with Crippen molar-refractivity contribution in [3.05, 3.63) is 136 Å². The molecule has 4 aromatic carbocycles. The third kappa shape index (κ3) is 7.51. The van der Waals surface area contributed by atoms with E-state index >= 15 is 0 Å². The van der Waals surface area contributed by atoms with Gasteiger partial charge in [0.25, 0.3) is 5.91 Å². The van der Waals surface area contributed by atoms with Crippen molar-refractivity contribution in [2.75, 3.05) is 6.61 Å². The molecule has 4 aromatic rings. The molecule has 0 fully saturated rings. The van der Waals surface area contributed by atoms with E-state index in [1.54, 1.807) is 29.2 Å². The average Bonchev–Trinajstić information content (AvgIpc) is 2.92. The van der Waals surface area contributed by atoms with Crippen molar-refractivity contribution in [1.82, 2.24) is 4.90 Å². The normalized spacial score (nSPS) is 11.8. The van der Waals surface area contributed by atoms with Crippen LogP contribution >= 0.6 is 15.9 Å². The summed E-state index contributed by atoms with van der Waals surface area (Å²) in [6.45, 7) is 0.0403. The maximum atomic E-state index is 13.7. The Labute approximate surface area is 224 Å². The van der Waals surface area contributed by atoms with Crippen LogP contribution in [0.5, 0.6) is 5.75 Å². The van der Waals surface area contributed by atoms with Crippen molar-refractivity contribution in [3.63, 3.8) is 0 Å². The lowest BCUT2D eigenvalue weighted by molar-refractivity contribution is -0.139. The number of halogens is 2. The van der Waals surface area contributed by atoms with Gasteiger partial charge in [-0.05, 0) is 53.4 Å². The van der Waals surface area contributed by atoms with Gasteiger partial charge in [0.15, 0.2) is 6.61 Å². The van der Waals surface area contributed by atoms with Crippen LogP contribution in [0.25, 0.3) is 0 Å². The van der Waals surface area contributed by atoms with E-state index < -0.39 is 0 Å². The molecule has 37 heavy (non-hydrogen) atoms. The fraction of sp³-hybridized carbons (Fsp3) is 0.133. The summed E-state index contributed by atoms with van der Waals surface area (Å²) in [5.74, 6) is -0.562. The molecule has 0 saturated heterocycles. The molecule has 1 unspecified atom stereocenters. The lowest BCUT2D eigenvalue weighted by Gasteiger charge is -2.32. The number of hydrogen-bond acceptors (Lipinski definition) is 4. The van der Waals surface area contributed by atoms with E-state index in [9.17, 15) is 14.3 Å². The Hall–Kier alpha value is -3.97. The second-order valence-corrected chi connectivity index (χ2v) is 9.39. The monoisotopic (exact) mass is 560 g/mol. The van der Waals surface area contributed by atoms with Crippen molar-refractivity contribution in [2.45, 2.75) is 19.0 Å². The van der Waals surface area contributed by atoms with Gasteiger partial charge in [-0.25, -0.2) is 4.39 Å². The predicted molar refractivity (Wildman–Crippen MR) is 146 cm³/mol. The molecule has 0 heterocycles. The van der Waals surface area contributed by atoms with Gasteiger partial charge in [0.05, 0.1) is 12.3 Å². The van der Waals surface area contributed by atoms with Crippen LogP contribution in [0, 0.1) is 5.82 Å². The highest BCUT2D eigenvalue weighted by Crippen LogP contribution is 2.28. The van der Waals surface area contributed by atoms with E-state index in [2.05, 4.69) is 21.1 Å². The third-order valence-corrected chi connectivity index (χ3v) is 6.36. The molecule has 0 radical (unpaired) electrons. The molecule has 0 bridgehead atoms. The molecule has 7 heteroatoms. The number of carbonyl (C=O) groups is 1. The summed E-state index contributed by atoms with van der Waals surface area (Å²) in [5, 5.41) is 13.9. The average molecular weight is 561 g/mol. The number of phenols is 1. The first-order valence-corrected chi connectivity index (χ1v) is 12.6. The number of aromatic hydroxyl groups is 1. The molecule has 0 aliphatic rings. The second-order valence-electron chi connectivity index (χ2n) is 8.48. The Morgan fingerprint density at radius 1 is 0.946 bits per heavy atom. The minimum atomic E-state index is -0.364. The Morgan fingerprint density at radius 3 is 2.27 bits per heavy atom. The fourth-order valence-corrected chi connectivity index (χ4v) is 4.36. The van der Waals surface area contributed by atoms with Gasteiger partial charge in [0, 0.05) is 16.6 Å². The number of nitrogens with zero attached hydrogens (tertiary/aromatic N) is 2. The van der Waals surface area contributed by atoms with Crippen LogP contribution in [0.3, 0.4) is 0 Å². The zero-order valence-electron chi connectivity index (χ0n) is 20.0. The highest BCUT2D eigenvalue weighted by atomic mass is 79.9. The molecule has 0 spiro atoms. The number of amides is 1. The van der Waals surface area contributed by atoms with E-state index in [0.717, 1.165) is 21.2 Å². The summed E-state index contributed by atoms with van der Waals surface area (Å²) in [4.78, 5) is 20.6. The zero-order chi connectivity index (χ0) is 26.0. The Kier molecular flexibility index (Phi) is 9.05. The summed E-state index contributed by atoms with van der Waals surface area (Å²) in [6.07, 6.45) is 1.90. The van der Waals surface area contributed by atoms with Crippen LogP contribution in [0.15, 0.2) is 113 Å². The third-order valence-electron chi connectivity index (χ3n) is 5.86. The lowest BCUT2D eigenvalue weighted by atomic mass is 9.96. The van der Waals surface area contributed by atoms with Crippen LogP contribution in [0.2, 0.25) is 0 Å². The van der Waals surface area contributed by atoms with Gasteiger partial charge in [-0.2, -0.15) is 0 Å². The molecule has 0 aliphatic heterocycles. The Bertz CT molecular complexity index is 1330. The van der Waals surface area contributed by atoms with Crippen LogP contribution in [-0.2, 0) is 22.6 Å². The number of rotatable bonds is 10. The van der Waals surface area contributed by atoms with Crippen molar-refractivity contribution in [1.29, 1.82) is 0 Å². The topological polar surface area (TPSA) is 62.1 Å². The molecular weight excluding hydrogens is 535 g/mol. The zero-order valence-corrected chi connectivity index (χ0v) is 21.6. The van der Waals surface area contributed by atoms with Gasteiger partial charge in [-0.1, -0.05) is 93.9 Å². The molecular formula is C30H26BrFN2O3. The maximum Gasteiger partial charge on any atom is 0.264 e. The minimum Gasteiger partial charge on any atom is -0.507 e. The van der Waals surface area contributed by atoms with Gasteiger partial charge in [0.1, 0.15) is 11.6 Å². The molecule has 1 amide bonds. The van der Waals surface area contributed by atoms with Crippen LogP contribution < -0.4 is 0 Å². The standard InChI is InChI=1S/C30H26BrFN2O3/c31-26-13-16-29(35)25(18-26)19-33-37-21-30(36)34(20-23-9-5-2-6-10-23)28(17-22-7-3-1-4-8-22)24-11-14-27(32)15-12-24/h1-16,18-19,28,35H,17,20-21H2/b33-19-. The number of hydrogen-bond donors (Lipinski definition) is 1. The van der Waals surface area contributed by atoms with Crippen LogP contribution in [0.1, 0.15) is 28.3 Å². The number of oxime groups is 1. The molecule has 1 N–H and O–H groups in total. The largest absolute Gasteiger partial charge is 0.507 e. The quantitative estimate of drug-likeness (QED) is 0.174. The SMILES string of the molecule is O=C(CO/N=C\c1cc(Br)ccc1O)N(Cc1ccccc1)C(Cc1ccccc1)c1ccc(F)cc1. The molecule has 188 valence electrons. The summed E-state index contributed by atoms with van der Waals surface area (Å²) in [5.41, 5.74) is 3.28. The van der Waals surface area contributed by atoms with E-state index in [4.69, 9.17) is 4.84 Å². The minimum absolute atomic E-state index is 0.0480. The van der Waals surface area contributed by atoms with Gasteiger partial charge in [-0.3, -0.25) is 4.79 Å². The van der Waals surface area contributed by atoms with Crippen molar-refractivity contribution in [3.8, 4) is 5.75 Å². The lowest BCUT2D eigenvalue weighted by Crippen LogP contribution is -2.37. The first-order valence-electron chi connectivity index (χ1n) is 11.8. The first kappa shape index (κ1) is 26.1. The van der Waals surface area contributed by atoms with Gasteiger partial charge >= 0.3 is 0 Å². The Balaban J connectivity index is 1.59. The summed E-state index contributed by atoms with van der Waals surface area (Å²) < 4.78 is 14.5. The number of carbonyl (C=O) groups excluding carboxylic acids is 1. The van der Waals surface area contributed by atoms with Crippen LogP contribution in [0.4, 0.5) is 4.39 Å². The summed E-state index contributed by atoms with van der Waals surface area (Å²) in [7, 11) is 0. The Morgan fingerprint density at radius 2 is 1.59 bits per heavy atom. The summed E-state index contributed by atoms with van der Waals surface area (Å²) >= 11 is 3.35. The number of phenolic OH excluding ortho intramolecular Hbond substituents is 1. The highest BCUT2D eigenvalue weighted by molar-refractivity contribution is 9.10. The summed E-state index contributed by atoms with van der Waals surface area (Å²) in [6, 6.07) is 30.4. The fourth-order valence-electron chi connectivity index (χ4n) is 3.98. The second kappa shape index (κ2) is 12.8. The molecule has 0 aromatic heterocycles. The van der Waals surface area contributed by atoms with E-state index in [0.29, 0.717) is 18.5 Å². The molecule has 0 saturated carbocycles. The van der Waals surface area contributed by atoms with Crippen LogP contribution in [-0.4, -0.2) is 28.7 Å².